The fraction of sp³-hybridized carbons (Fsp3) is 0.379. The summed E-state index contributed by atoms with van der Waals surface area (Å²) in [4.78, 5) is 0. The average Bonchev–Trinajstić information content (AvgIpc) is 3.46. The molecule has 0 aliphatic carbocycles. The van der Waals surface area contributed by atoms with Crippen molar-refractivity contribution in [3.05, 3.63) is 131 Å². The van der Waals surface area contributed by atoms with Gasteiger partial charge < -0.3 is 45.6 Å². The van der Waals surface area contributed by atoms with Crippen LogP contribution in [-0.4, -0.2) is 41.2 Å². The molecule has 1 heterocycles. The number of ether oxygens (including phenoxy) is 5. The third kappa shape index (κ3) is 11.8. The van der Waals surface area contributed by atoms with E-state index in [4.69, 9.17) is 45.6 Å². The molecular formula is C58H70O10P2. The lowest BCUT2D eigenvalue weighted by atomic mass is 9.81. The van der Waals surface area contributed by atoms with E-state index in [1.54, 1.807) is 28.4 Å². The molecule has 0 amide bonds. The molecule has 0 spiro atoms. The summed E-state index contributed by atoms with van der Waals surface area (Å²) in [5.74, 6) is 5.35. The third-order valence-corrected chi connectivity index (χ3v) is 14.3. The van der Waals surface area contributed by atoms with Gasteiger partial charge in [-0.1, -0.05) is 119 Å². The molecule has 70 heavy (non-hydrogen) atoms. The number of para-hydroxylation sites is 2. The zero-order valence-electron chi connectivity index (χ0n) is 43.8. The van der Waals surface area contributed by atoms with Crippen LogP contribution in [0.4, 0.5) is 0 Å². The summed E-state index contributed by atoms with van der Waals surface area (Å²) < 4.78 is 66.0. The molecule has 12 heteroatoms. The topological polar surface area (TPSA) is 100 Å². The van der Waals surface area contributed by atoms with Crippen LogP contribution in [-0.2, 0) is 21.7 Å². The molecule has 0 fully saturated rings. The maximum Gasteiger partial charge on any atom is 0.453 e. The van der Waals surface area contributed by atoms with E-state index >= 15 is 0 Å². The highest BCUT2D eigenvalue weighted by atomic mass is 31.2. The van der Waals surface area contributed by atoms with Crippen LogP contribution in [0, 0.1) is 0 Å². The highest BCUT2D eigenvalue weighted by Crippen LogP contribution is 2.53. The Morgan fingerprint density at radius 2 is 0.786 bits per heavy atom. The van der Waals surface area contributed by atoms with E-state index in [1.807, 2.05) is 109 Å². The van der Waals surface area contributed by atoms with E-state index in [2.05, 4.69) is 83.1 Å². The van der Waals surface area contributed by atoms with Crippen molar-refractivity contribution < 1.29 is 45.6 Å². The predicted octanol–water partition coefficient (Wildman–Crippen LogP) is 16.9. The summed E-state index contributed by atoms with van der Waals surface area (Å²) in [5, 5.41) is 1.63. The van der Waals surface area contributed by atoms with Gasteiger partial charge in [-0.05, 0) is 94.5 Å². The second-order valence-electron chi connectivity index (χ2n) is 21.4. The molecule has 0 aliphatic rings. The second kappa shape index (κ2) is 20.8. The van der Waals surface area contributed by atoms with Crippen LogP contribution < -0.4 is 37.3 Å². The molecule has 1 aromatic heterocycles. The van der Waals surface area contributed by atoms with Gasteiger partial charge in [-0.2, -0.15) is 0 Å². The van der Waals surface area contributed by atoms with Crippen molar-refractivity contribution in [1.29, 1.82) is 0 Å². The van der Waals surface area contributed by atoms with Gasteiger partial charge in [0.1, 0.15) is 57.2 Å². The maximum atomic E-state index is 7.44. The normalized spacial score (nSPS) is 12.2. The van der Waals surface area contributed by atoms with E-state index in [0.717, 1.165) is 50.1 Å². The Kier molecular flexibility index (Phi) is 15.4. The number of hydrogen-bond acceptors (Lipinski definition) is 10. The standard InChI is InChI=1S/C58H70O10P2/c1-55(2,3)47-33-39(59-13)29-43(51(47)63-27-28-69(64-37-23-19-17-20-24-37)65-38-25-21-18-22-26-38)44-30-40(60-14)34-48(56(4,5)6)52(44)66-70-67-53-45(31-41(61-15)35-49(53)57(7,8)9)46-32-42(62-16)36-50(54(46)68-70)58(10,11)12/h17-26,29-36H,27-28H2,1-16H3. The van der Waals surface area contributed by atoms with E-state index < -0.39 is 27.4 Å². The van der Waals surface area contributed by atoms with Gasteiger partial charge in [-0.25, -0.2) is 0 Å². The first-order chi connectivity index (χ1) is 33.0. The Labute approximate surface area is 417 Å². The Hall–Kier alpha value is -5.95. The number of hydrogen-bond donors (Lipinski definition) is 0. The van der Waals surface area contributed by atoms with E-state index in [9.17, 15) is 0 Å². The van der Waals surface area contributed by atoms with Crippen molar-refractivity contribution in [2.24, 2.45) is 0 Å². The minimum atomic E-state index is -2.23. The van der Waals surface area contributed by atoms with Crippen molar-refractivity contribution >= 4 is 38.6 Å². The zero-order chi connectivity index (χ0) is 50.8. The number of rotatable bonds is 15. The molecule has 0 N–H and O–H groups in total. The van der Waals surface area contributed by atoms with Gasteiger partial charge in [0.25, 0.3) is 8.38 Å². The molecule has 0 saturated carbocycles. The maximum absolute atomic E-state index is 7.44. The Bertz CT molecular complexity index is 2850. The van der Waals surface area contributed by atoms with Gasteiger partial charge in [0.2, 0.25) is 0 Å². The molecule has 0 saturated heterocycles. The smallest absolute Gasteiger partial charge is 0.453 e. The first kappa shape index (κ1) is 51.9. The van der Waals surface area contributed by atoms with E-state index in [1.165, 1.54) is 0 Å². The Morgan fingerprint density at radius 1 is 0.429 bits per heavy atom. The average molecular weight is 989 g/mol. The quantitative estimate of drug-likeness (QED) is 0.0923. The Morgan fingerprint density at radius 3 is 1.17 bits per heavy atom. The Balaban J connectivity index is 1.50. The summed E-state index contributed by atoms with van der Waals surface area (Å²) in [7, 11) is 3.01. The first-order valence-corrected chi connectivity index (χ1v) is 26.1. The number of benzene rings is 6. The van der Waals surface area contributed by atoms with Crippen LogP contribution >= 0.6 is 16.6 Å². The van der Waals surface area contributed by atoms with Crippen LogP contribution in [0.3, 0.4) is 0 Å². The van der Waals surface area contributed by atoms with Gasteiger partial charge in [0.05, 0.1) is 41.2 Å². The second-order valence-corrected chi connectivity index (χ2v) is 23.9. The lowest BCUT2D eigenvalue weighted by Crippen LogP contribution is -2.17. The van der Waals surface area contributed by atoms with Gasteiger partial charge in [0, 0.05) is 44.2 Å². The summed E-state index contributed by atoms with van der Waals surface area (Å²) in [5.41, 5.74) is 4.84. The summed E-state index contributed by atoms with van der Waals surface area (Å²) >= 11 is 0. The molecule has 7 rings (SSSR count). The minimum Gasteiger partial charge on any atom is -0.497 e. The van der Waals surface area contributed by atoms with Crippen molar-refractivity contribution in [2.75, 3.05) is 41.2 Å². The molecule has 7 aromatic rings. The largest absolute Gasteiger partial charge is 0.497 e. The van der Waals surface area contributed by atoms with Gasteiger partial charge in [-0.15, -0.1) is 0 Å². The highest BCUT2D eigenvalue weighted by molar-refractivity contribution is 7.48. The van der Waals surface area contributed by atoms with Crippen LogP contribution in [0.1, 0.15) is 105 Å². The van der Waals surface area contributed by atoms with Crippen LogP contribution in [0.2, 0.25) is 0 Å². The van der Waals surface area contributed by atoms with Crippen LogP contribution in [0.25, 0.3) is 33.1 Å². The first-order valence-electron chi connectivity index (χ1n) is 23.6. The third-order valence-electron chi connectivity index (χ3n) is 11.9. The molecular weight excluding hydrogens is 919 g/mol. The SMILES string of the molecule is COc1cc(-c2cc(OC)cc(C(C)(C)C)c2Op2oc3c(C(C)(C)C)cc(OC)cc3c3cc(OC)cc(C(C)(C)C)c3o2)c(OCCP(Oc2ccccc2)Oc2ccccc2)c(C(C)(C)C)c1. The van der Waals surface area contributed by atoms with E-state index in [-0.39, 0.29) is 17.4 Å². The van der Waals surface area contributed by atoms with Crippen molar-refractivity contribution in [1.82, 2.24) is 0 Å². The number of methoxy groups -OCH3 is 4. The van der Waals surface area contributed by atoms with Crippen LogP contribution in [0.5, 0.6) is 46.0 Å². The highest BCUT2D eigenvalue weighted by Gasteiger charge is 2.32. The molecule has 6 aromatic carbocycles. The summed E-state index contributed by atoms with van der Waals surface area (Å²) in [6.45, 7) is 26.2. The van der Waals surface area contributed by atoms with Gasteiger partial charge in [-0.3, -0.25) is 0 Å². The zero-order valence-corrected chi connectivity index (χ0v) is 45.6. The monoisotopic (exact) mass is 988 g/mol. The van der Waals surface area contributed by atoms with Gasteiger partial charge >= 0.3 is 8.24 Å². The number of fused-ring (bicyclic) bond motifs is 3. The van der Waals surface area contributed by atoms with Gasteiger partial charge in [0.15, 0.2) is 0 Å². The fourth-order valence-electron chi connectivity index (χ4n) is 8.17. The fourth-order valence-corrected chi connectivity index (χ4v) is 10.5. The molecule has 0 radical (unpaired) electrons. The van der Waals surface area contributed by atoms with Crippen molar-refractivity contribution in [2.45, 2.75) is 105 Å². The summed E-state index contributed by atoms with van der Waals surface area (Å²) in [6, 6.07) is 35.6. The molecule has 10 nitrogen and oxygen atoms in total. The molecule has 0 aliphatic heterocycles. The molecule has 372 valence electrons. The molecule has 0 atom stereocenters. The predicted molar refractivity (Wildman–Crippen MR) is 287 cm³/mol. The lowest BCUT2D eigenvalue weighted by molar-refractivity contribution is 0.325. The van der Waals surface area contributed by atoms with Crippen LogP contribution in [0.15, 0.2) is 118 Å². The minimum absolute atomic E-state index is 0.269. The summed E-state index contributed by atoms with van der Waals surface area (Å²) in [6.07, 6.45) is 0.455. The van der Waals surface area contributed by atoms with Crippen molar-refractivity contribution in [3.63, 3.8) is 0 Å². The lowest BCUT2D eigenvalue weighted by Gasteiger charge is -2.29. The molecule has 0 bridgehead atoms. The van der Waals surface area contributed by atoms with E-state index in [0.29, 0.717) is 57.4 Å². The van der Waals surface area contributed by atoms with Crippen molar-refractivity contribution in [3.8, 4) is 57.1 Å². The molecule has 0 unspecified atom stereocenters.